The maximum absolute atomic E-state index is 12.2. The molecule has 0 spiro atoms. The lowest BCUT2D eigenvalue weighted by molar-refractivity contribution is 0.0662. The van der Waals surface area contributed by atoms with Gasteiger partial charge in [0.2, 0.25) is 0 Å². The Bertz CT molecular complexity index is 648. The van der Waals surface area contributed by atoms with Crippen molar-refractivity contribution >= 4 is 11.6 Å². The number of methoxy groups -OCH3 is 1. The van der Waals surface area contributed by atoms with Crippen LogP contribution in [0.5, 0.6) is 5.75 Å². The first-order valence-corrected chi connectivity index (χ1v) is 7.33. The molecular formula is C16H19N3O3. The highest BCUT2D eigenvalue weighted by Crippen LogP contribution is 2.22. The SMILES string of the molecule is COc1cccc(C(=O)Nc2cnn(C3CCOCC3)c2)c1. The highest BCUT2D eigenvalue weighted by atomic mass is 16.5. The highest BCUT2D eigenvalue weighted by Gasteiger charge is 2.17. The minimum Gasteiger partial charge on any atom is -0.497 e. The van der Waals surface area contributed by atoms with E-state index < -0.39 is 0 Å². The zero-order chi connectivity index (χ0) is 15.4. The molecule has 1 aliphatic rings. The summed E-state index contributed by atoms with van der Waals surface area (Å²) in [5.41, 5.74) is 1.25. The molecule has 3 rings (SSSR count). The molecule has 1 fully saturated rings. The zero-order valence-corrected chi connectivity index (χ0v) is 12.5. The molecule has 0 bridgehead atoms. The van der Waals surface area contributed by atoms with Gasteiger partial charge in [0, 0.05) is 25.0 Å². The molecule has 6 heteroatoms. The molecule has 1 N–H and O–H groups in total. The largest absolute Gasteiger partial charge is 0.497 e. The van der Waals surface area contributed by atoms with Gasteiger partial charge in [0.1, 0.15) is 5.75 Å². The molecule has 1 aromatic heterocycles. The number of aromatic nitrogens is 2. The van der Waals surface area contributed by atoms with Crippen molar-refractivity contribution in [2.24, 2.45) is 0 Å². The maximum atomic E-state index is 12.2. The molecule has 6 nitrogen and oxygen atoms in total. The van der Waals surface area contributed by atoms with E-state index in [-0.39, 0.29) is 5.91 Å². The normalized spacial score (nSPS) is 15.5. The van der Waals surface area contributed by atoms with Crippen LogP contribution in [0.25, 0.3) is 0 Å². The van der Waals surface area contributed by atoms with Crippen LogP contribution in [-0.4, -0.2) is 36.0 Å². The third-order valence-corrected chi connectivity index (χ3v) is 3.76. The smallest absolute Gasteiger partial charge is 0.255 e. The van der Waals surface area contributed by atoms with Gasteiger partial charge in [0.15, 0.2) is 0 Å². The molecule has 22 heavy (non-hydrogen) atoms. The summed E-state index contributed by atoms with van der Waals surface area (Å²) in [6, 6.07) is 7.40. The number of rotatable bonds is 4. The molecule has 1 saturated heterocycles. The van der Waals surface area contributed by atoms with Gasteiger partial charge in [-0.15, -0.1) is 0 Å². The third-order valence-electron chi connectivity index (χ3n) is 3.76. The fourth-order valence-corrected chi connectivity index (χ4v) is 2.52. The number of carbonyl (C=O) groups is 1. The fraction of sp³-hybridized carbons (Fsp3) is 0.375. The quantitative estimate of drug-likeness (QED) is 0.942. The van der Waals surface area contributed by atoms with Gasteiger partial charge in [-0.2, -0.15) is 5.10 Å². The Kier molecular flexibility index (Phi) is 4.39. The first-order chi connectivity index (χ1) is 10.8. The molecule has 116 valence electrons. The predicted octanol–water partition coefficient (Wildman–Crippen LogP) is 2.50. The second-order valence-electron chi connectivity index (χ2n) is 5.24. The van der Waals surface area contributed by atoms with Crippen LogP contribution in [0.15, 0.2) is 36.7 Å². The van der Waals surface area contributed by atoms with Crippen LogP contribution in [0.3, 0.4) is 0 Å². The number of nitrogens with one attached hydrogen (secondary N) is 1. The van der Waals surface area contributed by atoms with Gasteiger partial charge in [-0.05, 0) is 31.0 Å². The molecule has 2 aromatic rings. The van der Waals surface area contributed by atoms with Crippen molar-refractivity contribution in [2.75, 3.05) is 25.6 Å². The maximum Gasteiger partial charge on any atom is 0.255 e. The molecule has 0 aliphatic carbocycles. The Labute approximate surface area is 129 Å². The van der Waals surface area contributed by atoms with Crippen LogP contribution in [0.1, 0.15) is 29.2 Å². The van der Waals surface area contributed by atoms with E-state index in [1.165, 1.54) is 0 Å². The molecule has 0 atom stereocenters. The molecule has 1 aromatic carbocycles. The topological polar surface area (TPSA) is 65.4 Å². The summed E-state index contributed by atoms with van der Waals surface area (Å²) in [5.74, 6) is 0.482. The van der Waals surface area contributed by atoms with Gasteiger partial charge in [-0.1, -0.05) is 6.07 Å². The van der Waals surface area contributed by atoms with Gasteiger partial charge in [-0.3, -0.25) is 9.48 Å². The van der Waals surface area contributed by atoms with Crippen molar-refractivity contribution < 1.29 is 14.3 Å². The monoisotopic (exact) mass is 301 g/mol. The summed E-state index contributed by atoms with van der Waals surface area (Å²) in [5, 5.41) is 7.20. The van der Waals surface area contributed by atoms with Crippen LogP contribution in [0.4, 0.5) is 5.69 Å². The number of benzene rings is 1. The first-order valence-electron chi connectivity index (χ1n) is 7.33. The van der Waals surface area contributed by atoms with E-state index in [4.69, 9.17) is 9.47 Å². The number of hydrogen-bond donors (Lipinski definition) is 1. The molecule has 1 aliphatic heterocycles. The Hall–Kier alpha value is -2.34. The minimum atomic E-state index is -0.176. The lowest BCUT2D eigenvalue weighted by Gasteiger charge is -2.22. The molecule has 0 unspecified atom stereocenters. The number of hydrogen-bond acceptors (Lipinski definition) is 4. The number of nitrogens with zero attached hydrogens (tertiary/aromatic N) is 2. The van der Waals surface area contributed by atoms with Crippen LogP contribution in [0.2, 0.25) is 0 Å². The van der Waals surface area contributed by atoms with Gasteiger partial charge < -0.3 is 14.8 Å². The molecule has 0 radical (unpaired) electrons. The van der Waals surface area contributed by atoms with E-state index in [1.807, 2.05) is 10.9 Å². The van der Waals surface area contributed by atoms with E-state index in [1.54, 1.807) is 37.6 Å². The Morgan fingerprint density at radius 2 is 2.23 bits per heavy atom. The minimum absolute atomic E-state index is 0.176. The van der Waals surface area contributed by atoms with Gasteiger partial charge in [0.25, 0.3) is 5.91 Å². The van der Waals surface area contributed by atoms with Gasteiger partial charge in [0.05, 0.1) is 25.0 Å². The van der Waals surface area contributed by atoms with Crippen LogP contribution < -0.4 is 10.1 Å². The Morgan fingerprint density at radius 3 is 3.00 bits per heavy atom. The number of ether oxygens (including phenoxy) is 2. The highest BCUT2D eigenvalue weighted by molar-refractivity contribution is 6.04. The summed E-state index contributed by atoms with van der Waals surface area (Å²) in [7, 11) is 1.58. The van der Waals surface area contributed by atoms with Crippen LogP contribution in [0, 0.1) is 0 Å². The predicted molar refractivity (Wildman–Crippen MR) is 82.3 cm³/mol. The second-order valence-corrected chi connectivity index (χ2v) is 5.24. The van der Waals surface area contributed by atoms with Crippen molar-refractivity contribution in [2.45, 2.75) is 18.9 Å². The van der Waals surface area contributed by atoms with Crippen molar-refractivity contribution in [1.82, 2.24) is 9.78 Å². The van der Waals surface area contributed by atoms with Crippen molar-refractivity contribution in [3.63, 3.8) is 0 Å². The third kappa shape index (κ3) is 3.28. The lowest BCUT2D eigenvalue weighted by atomic mass is 10.1. The van der Waals surface area contributed by atoms with E-state index >= 15 is 0 Å². The number of carbonyl (C=O) groups excluding carboxylic acids is 1. The second kappa shape index (κ2) is 6.62. The summed E-state index contributed by atoms with van der Waals surface area (Å²) in [6.45, 7) is 1.52. The Morgan fingerprint density at radius 1 is 1.41 bits per heavy atom. The average Bonchev–Trinajstić information content (AvgIpc) is 3.04. The van der Waals surface area contributed by atoms with Crippen molar-refractivity contribution in [3.05, 3.63) is 42.2 Å². The van der Waals surface area contributed by atoms with E-state index in [0.717, 1.165) is 26.1 Å². The average molecular weight is 301 g/mol. The zero-order valence-electron chi connectivity index (χ0n) is 12.5. The lowest BCUT2D eigenvalue weighted by Crippen LogP contribution is -2.19. The van der Waals surface area contributed by atoms with Crippen LogP contribution in [-0.2, 0) is 4.74 Å². The first kappa shape index (κ1) is 14.6. The molecule has 1 amide bonds. The standard InChI is InChI=1S/C16H19N3O3/c1-21-15-4-2-3-12(9-15)16(20)18-13-10-17-19(11-13)14-5-7-22-8-6-14/h2-4,9-11,14H,5-8H2,1H3,(H,18,20). The van der Waals surface area contributed by atoms with Crippen molar-refractivity contribution in [3.8, 4) is 5.75 Å². The molecule has 2 heterocycles. The summed E-state index contributed by atoms with van der Waals surface area (Å²) in [4.78, 5) is 12.2. The van der Waals surface area contributed by atoms with E-state index in [2.05, 4.69) is 10.4 Å². The van der Waals surface area contributed by atoms with Gasteiger partial charge >= 0.3 is 0 Å². The fourth-order valence-electron chi connectivity index (χ4n) is 2.52. The summed E-state index contributed by atoms with van der Waals surface area (Å²) >= 11 is 0. The Balaban J connectivity index is 1.67. The number of anilines is 1. The van der Waals surface area contributed by atoms with E-state index in [0.29, 0.717) is 23.0 Å². The number of amides is 1. The summed E-state index contributed by atoms with van der Waals surface area (Å²) in [6.07, 6.45) is 5.44. The molecule has 0 saturated carbocycles. The van der Waals surface area contributed by atoms with E-state index in [9.17, 15) is 4.79 Å². The molecular weight excluding hydrogens is 282 g/mol. The summed E-state index contributed by atoms with van der Waals surface area (Å²) < 4.78 is 12.4. The van der Waals surface area contributed by atoms with Gasteiger partial charge in [-0.25, -0.2) is 0 Å². The van der Waals surface area contributed by atoms with Crippen LogP contribution >= 0.6 is 0 Å². The van der Waals surface area contributed by atoms with Crippen molar-refractivity contribution in [1.29, 1.82) is 0 Å².